The number of halogens is 3. The van der Waals surface area contributed by atoms with Crippen molar-refractivity contribution >= 4 is 33.4 Å². The number of aromatic nitrogens is 2. The van der Waals surface area contributed by atoms with Gasteiger partial charge in [0.2, 0.25) is 11.5 Å². The number of nitrogens with zero attached hydrogens (tertiary/aromatic N) is 3. The number of hydrogen-bond acceptors (Lipinski definition) is 9. The van der Waals surface area contributed by atoms with E-state index in [0.717, 1.165) is 4.31 Å². The lowest BCUT2D eigenvalue weighted by Crippen LogP contribution is -2.47. The van der Waals surface area contributed by atoms with Crippen molar-refractivity contribution in [1.82, 2.24) is 9.78 Å². The maximum atomic E-state index is 14.1. The molecule has 1 atom stereocenters. The minimum atomic E-state index is -4.84. The standard InChI is InChI=1S/C25H34F3N5O8S/c1-6-32-14-19(20(31-32)39-10-9-34)42(37,38)33-13-16(12-23(2,3)21(29)35)40-18-8-7-15(11-17(18)33)30-22(36)41-24(4,5)25(26,27)28/h7-8,11,14,16,34H,6,9-10,12-13H2,1-5H3,(H2,29,35)(H,30,36). The number of ether oxygens (including phenoxy) is 3. The number of benzene rings is 1. The molecule has 1 aromatic carbocycles. The summed E-state index contributed by atoms with van der Waals surface area (Å²) in [5.74, 6) is -0.847. The lowest BCUT2D eigenvalue weighted by Gasteiger charge is -2.38. The summed E-state index contributed by atoms with van der Waals surface area (Å²) >= 11 is 0. The average molecular weight is 622 g/mol. The summed E-state index contributed by atoms with van der Waals surface area (Å²) < 4.78 is 85.9. The van der Waals surface area contributed by atoms with Crippen LogP contribution in [0, 0.1) is 5.41 Å². The molecule has 2 heterocycles. The van der Waals surface area contributed by atoms with E-state index in [1.54, 1.807) is 20.8 Å². The molecule has 1 unspecified atom stereocenters. The van der Waals surface area contributed by atoms with Crippen molar-refractivity contribution in [3.8, 4) is 11.6 Å². The summed E-state index contributed by atoms with van der Waals surface area (Å²) in [6.07, 6.45) is -5.83. The van der Waals surface area contributed by atoms with Crippen molar-refractivity contribution in [2.45, 2.75) is 70.4 Å². The first-order valence-corrected chi connectivity index (χ1v) is 14.3. The molecule has 1 aliphatic rings. The van der Waals surface area contributed by atoms with Gasteiger partial charge in [-0.15, -0.1) is 5.10 Å². The van der Waals surface area contributed by atoms with Crippen LogP contribution in [0.4, 0.5) is 29.3 Å². The predicted octanol–water partition coefficient (Wildman–Crippen LogP) is 3.02. The van der Waals surface area contributed by atoms with Crippen LogP contribution in [0.5, 0.6) is 11.6 Å². The van der Waals surface area contributed by atoms with Gasteiger partial charge in [-0.3, -0.25) is 19.1 Å². The Morgan fingerprint density at radius 2 is 1.90 bits per heavy atom. The first-order valence-electron chi connectivity index (χ1n) is 12.8. The number of aliphatic hydroxyl groups excluding tert-OH is 1. The van der Waals surface area contributed by atoms with E-state index in [1.165, 1.54) is 29.1 Å². The lowest BCUT2D eigenvalue weighted by molar-refractivity contribution is -0.242. The van der Waals surface area contributed by atoms with Crippen LogP contribution >= 0.6 is 0 Å². The van der Waals surface area contributed by atoms with E-state index in [-0.39, 0.29) is 47.5 Å². The third-order valence-electron chi connectivity index (χ3n) is 6.49. The number of hydrogen-bond donors (Lipinski definition) is 3. The average Bonchev–Trinajstić information content (AvgIpc) is 3.30. The fourth-order valence-corrected chi connectivity index (χ4v) is 5.49. The number of amides is 2. The molecule has 0 spiro atoms. The number of carbonyl (C=O) groups is 2. The normalized spacial score (nSPS) is 15.9. The molecule has 0 saturated carbocycles. The summed E-state index contributed by atoms with van der Waals surface area (Å²) in [7, 11) is -4.47. The van der Waals surface area contributed by atoms with Crippen molar-refractivity contribution in [2.24, 2.45) is 11.1 Å². The minimum absolute atomic E-state index is 0.0364. The molecule has 3 rings (SSSR count). The molecular weight excluding hydrogens is 587 g/mol. The van der Waals surface area contributed by atoms with Crippen LogP contribution in [-0.4, -0.2) is 72.9 Å². The second-order valence-electron chi connectivity index (χ2n) is 10.7. The van der Waals surface area contributed by atoms with Gasteiger partial charge in [0.05, 0.1) is 18.8 Å². The Kier molecular flexibility index (Phi) is 9.26. The molecule has 0 aliphatic carbocycles. The highest BCUT2D eigenvalue weighted by atomic mass is 32.2. The number of nitrogens with one attached hydrogen (secondary N) is 1. The number of primary amides is 1. The quantitative estimate of drug-likeness (QED) is 0.341. The van der Waals surface area contributed by atoms with Gasteiger partial charge in [-0.2, -0.15) is 13.2 Å². The number of aryl methyl sites for hydroxylation is 1. The number of aliphatic hydroxyl groups is 1. The first kappa shape index (κ1) is 32.8. The van der Waals surface area contributed by atoms with Crippen molar-refractivity contribution in [3.05, 3.63) is 24.4 Å². The Balaban J connectivity index is 2.06. The van der Waals surface area contributed by atoms with Gasteiger partial charge in [0.25, 0.3) is 15.9 Å². The van der Waals surface area contributed by atoms with Gasteiger partial charge in [-0.05, 0) is 45.4 Å². The van der Waals surface area contributed by atoms with Gasteiger partial charge in [0.1, 0.15) is 18.5 Å². The van der Waals surface area contributed by atoms with Crippen molar-refractivity contribution in [1.29, 1.82) is 0 Å². The summed E-state index contributed by atoms with van der Waals surface area (Å²) in [4.78, 5) is 24.0. The summed E-state index contributed by atoms with van der Waals surface area (Å²) in [5.41, 5.74) is 1.50. The zero-order valence-corrected chi connectivity index (χ0v) is 24.5. The van der Waals surface area contributed by atoms with Crippen LogP contribution in [0.25, 0.3) is 0 Å². The molecule has 4 N–H and O–H groups in total. The lowest BCUT2D eigenvalue weighted by atomic mass is 9.85. The number of alkyl halides is 3. The van der Waals surface area contributed by atoms with E-state index in [4.69, 9.17) is 15.2 Å². The highest BCUT2D eigenvalue weighted by molar-refractivity contribution is 7.93. The molecule has 2 aromatic rings. The van der Waals surface area contributed by atoms with Crippen LogP contribution < -0.4 is 24.8 Å². The van der Waals surface area contributed by atoms with Crippen LogP contribution in [0.3, 0.4) is 0 Å². The van der Waals surface area contributed by atoms with Gasteiger partial charge < -0.3 is 25.1 Å². The number of fused-ring (bicyclic) bond motifs is 1. The molecule has 0 fully saturated rings. The summed E-state index contributed by atoms with van der Waals surface area (Å²) in [6.45, 7) is 5.61. The zero-order valence-electron chi connectivity index (χ0n) is 23.7. The number of carbonyl (C=O) groups excluding carboxylic acids is 2. The molecule has 42 heavy (non-hydrogen) atoms. The number of rotatable bonds is 11. The van der Waals surface area contributed by atoms with Crippen molar-refractivity contribution in [3.63, 3.8) is 0 Å². The zero-order chi connectivity index (χ0) is 31.7. The highest BCUT2D eigenvalue weighted by Gasteiger charge is 2.51. The summed E-state index contributed by atoms with van der Waals surface area (Å²) in [6, 6.07) is 3.81. The monoisotopic (exact) mass is 621 g/mol. The van der Waals surface area contributed by atoms with Crippen LogP contribution in [-0.2, 0) is 26.1 Å². The van der Waals surface area contributed by atoms with Gasteiger partial charge in [0, 0.05) is 23.8 Å². The maximum Gasteiger partial charge on any atom is 0.427 e. The Morgan fingerprint density at radius 1 is 1.24 bits per heavy atom. The molecular formula is C25H34F3N5O8S. The largest absolute Gasteiger partial charge is 0.486 e. The molecule has 0 saturated heterocycles. The minimum Gasteiger partial charge on any atom is -0.486 e. The van der Waals surface area contributed by atoms with E-state index in [1.807, 2.05) is 0 Å². The molecule has 234 valence electrons. The Bertz CT molecular complexity index is 1430. The Hall–Kier alpha value is -3.73. The van der Waals surface area contributed by atoms with Gasteiger partial charge in [-0.1, -0.05) is 13.8 Å². The molecule has 1 aliphatic heterocycles. The molecule has 2 amide bonds. The van der Waals surface area contributed by atoms with E-state index in [2.05, 4.69) is 15.2 Å². The van der Waals surface area contributed by atoms with E-state index in [0.29, 0.717) is 20.4 Å². The molecule has 0 radical (unpaired) electrons. The second kappa shape index (κ2) is 11.9. The first-order chi connectivity index (χ1) is 19.3. The van der Waals surface area contributed by atoms with Crippen molar-refractivity contribution < 1.29 is 50.5 Å². The predicted molar refractivity (Wildman–Crippen MR) is 144 cm³/mol. The summed E-state index contributed by atoms with van der Waals surface area (Å²) in [5, 5.41) is 15.5. The molecule has 13 nitrogen and oxygen atoms in total. The van der Waals surface area contributed by atoms with E-state index < -0.39 is 51.9 Å². The van der Waals surface area contributed by atoms with E-state index >= 15 is 0 Å². The number of anilines is 2. The van der Waals surface area contributed by atoms with Crippen LogP contribution in [0.15, 0.2) is 29.3 Å². The second-order valence-corrected chi connectivity index (χ2v) is 12.5. The van der Waals surface area contributed by atoms with Gasteiger partial charge >= 0.3 is 12.3 Å². The number of nitrogens with two attached hydrogens (primary N) is 1. The topological polar surface area (TPSA) is 175 Å². The molecule has 0 bridgehead atoms. The van der Waals surface area contributed by atoms with Crippen molar-refractivity contribution in [2.75, 3.05) is 29.4 Å². The Labute approximate surface area is 240 Å². The maximum absolute atomic E-state index is 14.1. The molecule has 17 heteroatoms. The number of sulfonamides is 1. The fraction of sp³-hybridized carbons (Fsp3) is 0.560. The highest BCUT2D eigenvalue weighted by Crippen LogP contribution is 2.42. The van der Waals surface area contributed by atoms with Crippen LogP contribution in [0.2, 0.25) is 0 Å². The van der Waals surface area contributed by atoms with Crippen LogP contribution in [0.1, 0.15) is 41.0 Å². The van der Waals surface area contributed by atoms with Gasteiger partial charge in [-0.25, -0.2) is 13.2 Å². The fourth-order valence-electron chi connectivity index (χ4n) is 3.91. The Morgan fingerprint density at radius 3 is 2.48 bits per heavy atom. The third kappa shape index (κ3) is 7.00. The van der Waals surface area contributed by atoms with E-state index in [9.17, 15) is 36.3 Å². The SMILES string of the molecule is CCn1cc(S(=O)(=O)N2CC(CC(C)(C)C(N)=O)Oc3ccc(NC(=O)OC(C)(C)C(F)(F)F)cc32)c(OCCO)n1. The third-order valence-corrected chi connectivity index (χ3v) is 8.25. The van der Waals surface area contributed by atoms with Gasteiger partial charge in [0.15, 0.2) is 4.90 Å². The smallest absolute Gasteiger partial charge is 0.427 e. The molecule has 1 aromatic heterocycles.